The first kappa shape index (κ1) is 27.0. The standard InChI is InChI=1S/C21H16F9NO3/c1-34-18(33)16(9-12-4-2-3-5-15(12)21(28,29)30)31-17(32)8-11-6-13(19(22,23)24)10-14(7-11)20(25,26)27/h2-7,10,16H,8-9H2,1H3,(H,31,32)/t16-/m1/s1. The predicted molar refractivity (Wildman–Crippen MR) is 99.2 cm³/mol. The monoisotopic (exact) mass is 501 g/mol. The van der Waals surface area contributed by atoms with E-state index in [0.717, 1.165) is 25.3 Å². The maximum Gasteiger partial charge on any atom is 0.416 e. The number of alkyl halides is 9. The molecule has 0 bridgehead atoms. The lowest BCUT2D eigenvalue weighted by molar-refractivity contribution is -0.145. The van der Waals surface area contributed by atoms with E-state index in [1.807, 2.05) is 5.32 Å². The van der Waals surface area contributed by atoms with E-state index in [-0.39, 0.29) is 11.6 Å². The van der Waals surface area contributed by atoms with Crippen LogP contribution in [0.2, 0.25) is 0 Å². The zero-order valence-electron chi connectivity index (χ0n) is 17.2. The highest BCUT2D eigenvalue weighted by Crippen LogP contribution is 2.36. The molecule has 4 nitrogen and oxygen atoms in total. The second-order valence-electron chi connectivity index (χ2n) is 7.09. The summed E-state index contributed by atoms with van der Waals surface area (Å²) in [6.45, 7) is 0. The first-order valence-electron chi connectivity index (χ1n) is 9.33. The number of carbonyl (C=O) groups is 2. The van der Waals surface area contributed by atoms with E-state index in [9.17, 15) is 49.1 Å². The number of ether oxygens (including phenoxy) is 1. The molecule has 0 fully saturated rings. The lowest BCUT2D eigenvalue weighted by Crippen LogP contribution is -2.44. The third-order valence-electron chi connectivity index (χ3n) is 4.58. The Hall–Kier alpha value is -3.25. The van der Waals surface area contributed by atoms with Gasteiger partial charge in [0.1, 0.15) is 6.04 Å². The zero-order valence-corrected chi connectivity index (χ0v) is 17.2. The Bertz CT molecular complexity index is 1010. The van der Waals surface area contributed by atoms with E-state index in [1.54, 1.807) is 0 Å². The normalized spacial score (nSPS) is 13.4. The molecule has 0 aromatic heterocycles. The first-order chi connectivity index (χ1) is 15.5. The highest BCUT2D eigenvalue weighted by atomic mass is 19.4. The van der Waals surface area contributed by atoms with Crippen molar-refractivity contribution < 1.29 is 53.8 Å². The Morgan fingerprint density at radius 3 is 1.85 bits per heavy atom. The second-order valence-corrected chi connectivity index (χ2v) is 7.09. The van der Waals surface area contributed by atoms with Crippen molar-refractivity contribution in [3.8, 4) is 0 Å². The van der Waals surface area contributed by atoms with Gasteiger partial charge in [-0.15, -0.1) is 0 Å². The third kappa shape index (κ3) is 7.12. The number of benzene rings is 2. The van der Waals surface area contributed by atoms with Gasteiger partial charge in [-0.2, -0.15) is 39.5 Å². The van der Waals surface area contributed by atoms with Crippen LogP contribution in [0.25, 0.3) is 0 Å². The molecule has 0 radical (unpaired) electrons. The molecule has 2 rings (SSSR count). The fraction of sp³-hybridized carbons (Fsp3) is 0.333. The number of esters is 1. The van der Waals surface area contributed by atoms with Crippen LogP contribution in [-0.2, 0) is 45.7 Å². The lowest BCUT2D eigenvalue weighted by atomic mass is 9.99. The van der Waals surface area contributed by atoms with Gasteiger partial charge >= 0.3 is 24.5 Å². The summed E-state index contributed by atoms with van der Waals surface area (Å²) in [5.41, 5.74) is -5.43. The molecule has 0 heterocycles. The molecule has 13 heteroatoms. The van der Waals surface area contributed by atoms with Gasteiger partial charge in [0, 0.05) is 6.42 Å². The summed E-state index contributed by atoms with van der Waals surface area (Å²) >= 11 is 0. The molecular formula is C21H16F9NO3. The minimum absolute atomic E-state index is 0.118. The van der Waals surface area contributed by atoms with E-state index in [4.69, 9.17) is 0 Å². The molecule has 0 saturated heterocycles. The third-order valence-corrected chi connectivity index (χ3v) is 4.58. The summed E-state index contributed by atoms with van der Waals surface area (Å²) < 4.78 is 122. The molecule has 0 aliphatic heterocycles. The quantitative estimate of drug-likeness (QED) is 0.438. The van der Waals surface area contributed by atoms with Crippen LogP contribution in [0, 0.1) is 0 Å². The van der Waals surface area contributed by atoms with Gasteiger partial charge in [-0.3, -0.25) is 4.79 Å². The Labute approximate surface area is 186 Å². The minimum atomic E-state index is -5.14. The van der Waals surface area contributed by atoms with E-state index in [2.05, 4.69) is 4.74 Å². The fourth-order valence-electron chi connectivity index (χ4n) is 3.08. The Balaban J connectivity index is 2.31. The van der Waals surface area contributed by atoms with Crippen LogP contribution >= 0.6 is 0 Å². The van der Waals surface area contributed by atoms with E-state index < -0.39 is 71.5 Å². The number of rotatable bonds is 6. The molecule has 1 amide bonds. The number of hydrogen-bond acceptors (Lipinski definition) is 3. The summed E-state index contributed by atoms with van der Waals surface area (Å²) in [6.07, 6.45) is -16.8. The van der Waals surface area contributed by atoms with Crippen LogP contribution in [0.3, 0.4) is 0 Å². The minimum Gasteiger partial charge on any atom is -0.467 e. The number of amides is 1. The largest absolute Gasteiger partial charge is 0.467 e. The van der Waals surface area contributed by atoms with Crippen molar-refractivity contribution in [1.29, 1.82) is 0 Å². The van der Waals surface area contributed by atoms with Gasteiger partial charge in [0.05, 0.1) is 30.2 Å². The average Bonchev–Trinajstić information content (AvgIpc) is 2.70. The average molecular weight is 501 g/mol. The van der Waals surface area contributed by atoms with Crippen LogP contribution in [-0.4, -0.2) is 25.0 Å². The molecule has 2 aromatic carbocycles. The first-order valence-corrected chi connectivity index (χ1v) is 9.33. The molecule has 0 saturated carbocycles. The Kier molecular flexibility index (Phi) is 7.89. The summed E-state index contributed by atoms with van der Waals surface area (Å²) in [6, 6.07) is 3.01. The van der Waals surface area contributed by atoms with Crippen molar-refractivity contribution in [3.05, 3.63) is 70.3 Å². The summed E-state index contributed by atoms with van der Waals surface area (Å²) in [7, 11) is 0.888. The van der Waals surface area contributed by atoms with Crippen molar-refractivity contribution >= 4 is 11.9 Å². The molecule has 186 valence electrons. The van der Waals surface area contributed by atoms with Crippen molar-refractivity contribution in [2.75, 3.05) is 7.11 Å². The van der Waals surface area contributed by atoms with Crippen LogP contribution < -0.4 is 5.32 Å². The molecule has 1 atom stereocenters. The fourth-order valence-corrected chi connectivity index (χ4v) is 3.08. The molecular weight excluding hydrogens is 485 g/mol. The summed E-state index contributed by atoms with van der Waals surface area (Å²) in [4.78, 5) is 24.4. The van der Waals surface area contributed by atoms with Crippen molar-refractivity contribution in [1.82, 2.24) is 5.32 Å². The topological polar surface area (TPSA) is 55.4 Å². The number of halogens is 9. The van der Waals surface area contributed by atoms with Gasteiger partial charge in [0.2, 0.25) is 5.91 Å². The molecule has 0 spiro atoms. The molecule has 1 N–H and O–H groups in total. The number of methoxy groups -OCH3 is 1. The van der Waals surface area contributed by atoms with Crippen molar-refractivity contribution in [2.45, 2.75) is 37.4 Å². The Morgan fingerprint density at radius 1 is 0.853 bits per heavy atom. The SMILES string of the molecule is COC(=O)[C@@H](Cc1ccccc1C(F)(F)F)NC(=O)Cc1cc(C(F)(F)F)cc(C(F)(F)F)c1. The van der Waals surface area contributed by atoms with Crippen LogP contribution in [0.5, 0.6) is 0 Å². The maximum atomic E-state index is 13.2. The van der Waals surface area contributed by atoms with Gasteiger partial charge < -0.3 is 10.1 Å². The number of nitrogens with one attached hydrogen (secondary N) is 1. The predicted octanol–water partition coefficient (Wildman–Crippen LogP) is 5.19. The molecule has 0 aliphatic rings. The Morgan fingerprint density at radius 2 is 1.38 bits per heavy atom. The van der Waals surface area contributed by atoms with E-state index in [1.165, 1.54) is 6.07 Å². The van der Waals surface area contributed by atoms with Gasteiger partial charge in [0.15, 0.2) is 0 Å². The molecule has 0 unspecified atom stereocenters. The molecule has 34 heavy (non-hydrogen) atoms. The smallest absolute Gasteiger partial charge is 0.416 e. The summed E-state index contributed by atoms with van der Waals surface area (Å²) in [5.74, 6) is -2.36. The lowest BCUT2D eigenvalue weighted by Gasteiger charge is -2.20. The van der Waals surface area contributed by atoms with Gasteiger partial charge in [-0.25, -0.2) is 4.79 Å². The van der Waals surface area contributed by atoms with Crippen LogP contribution in [0.4, 0.5) is 39.5 Å². The zero-order chi connectivity index (χ0) is 25.9. The van der Waals surface area contributed by atoms with E-state index in [0.29, 0.717) is 12.1 Å². The van der Waals surface area contributed by atoms with E-state index >= 15 is 0 Å². The molecule has 0 aliphatic carbocycles. The van der Waals surface area contributed by atoms with Crippen molar-refractivity contribution in [2.24, 2.45) is 0 Å². The summed E-state index contributed by atoms with van der Waals surface area (Å²) in [5, 5.41) is 2.02. The number of hydrogen-bond donors (Lipinski definition) is 1. The number of carbonyl (C=O) groups excluding carboxylic acids is 2. The highest BCUT2D eigenvalue weighted by molar-refractivity contribution is 5.86. The maximum absolute atomic E-state index is 13.2. The highest BCUT2D eigenvalue weighted by Gasteiger charge is 2.37. The molecule has 2 aromatic rings. The van der Waals surface area contributed by atoms with Crippen LogP contribution in [0.1, 0.15) is 27.8 Å². The van der Waals surface area contributed by atoms with Crippen LogP contribution in [0.15, 0.2) is 42.5 Å². The van der Waals surface area contributed by atoms with Gasteiger partial charge in [-0.05, 0) is 35.4 Å². The van der Waals surface area contributed by atoms with Crippen molar-refractivity contribution in [3.63, 3.8) is 0 Å². The second kappa shape index (κ2) is 9.94. The van der Waals surface area contributed by atoms with Gasteiger partial charge in [0.25, 0.3) is 0 Å². The van der Waals surface area contributed by atoms with Gasteiger partial charge in [-0.1, -0.05) is 18.2 Å².